The van der Waals surface area contributed by atoms with Gasteiger partial charge in [-0.25, -0.2) is 0 Å². The van der Waals surface area contributed by atoms with E-state index >= 15 is 0 Å². The Kier molecular flexibility index (Phi) is 6.10. The molecular weight excluding hydrogens is 254 g/mol. The third kappa shape index (κ3) is 4.02. The van der Waals surface area contributed by atoms with Crippen LogP contribution in [0.4, 0.5) is 0 Å². The van der Waals surface area contributed by atoms with Gasteiger partial charge in [-0.3, -0.25) is 4.79 Å². The molecule has 0 saturated carbocycles. The van der Waals surface area contributed by atoms with Crippen molar-refractivity contribution >= 4 is 12.0 Å². The van der Waals surface area contributed by atoms with Gasteiger partial charge in [-0.2, -0.15) is 0 Å². The summed E-state index contributed by atoms with van der Waals surface area (Å²) < 4.78 is 10.6. The predicted molar refractivity (Wildman–Crippen MR) is 81.4 cm³/mol. The van der Waals surface area contributed by atoms with Gasteiger partial charge < -0.3 is 14.8 Å². The van der Waals surface area contributed by atoms with Crippen molar-refractivity contribution in [2.75, 3.05) is 20.8 Å². The van der Waals surface area contributed by atoms with Gasteiger partial charge in [0.1, 0.15) is 0 Å². The van der Waals surface area contributed by atoms with E-state index in [9.17, 15) is 4.79 Å². The lowest BCUT2D eigenvalue weighted by Crippen LogP contribution is -2.27. The van der Waals surface area contributed by atoms with Crippen molar-refractivity contribution in [3.8, 4) is 11.5 Å². The van der Waals surface area contributed by atoms with Gasteiger partial charge in [-0.1, -0.05) is 26.0 Å². The van der Waals surface area contributed by atoms with E-state index in [4.69, 9.17) is 9.47 Å². The minimum Gasteiger partial charge on any atom is -0.493 e. The highest BCUT2D eigenvalue weighted by molar-refractivity contribution is 5.95. The Bertz CT molecular complexity index is 493. The highest BCUT2D eigenvalue weighted by Gasteiger charge is 2.14. The third-order valence-electron chi connectivity index (χ3n) is 2.79. The molecule has 1 amide bonds. The van der Waals surface area contributed by atoms with E-state index in [1.54, 1.807) is 26.4 Å². The van der Waals surface area contributed by atoms with Gasteiger partial charge in [0.05, 0.1) is 14.2 Å². The standard InChI is InChI=1S/C16H23NO3/c1-6-7-12-8-13(16(18)17-10-11(2)3)9-14(19-4)15(12)20-5/h6-9,11H,10H2,1-5H3,(H,17,18). The number of benzene rings is 1. The van der Waals surface area contributed by atoms with Crippen LogP contribution in [0.15, 0.2) is 18.2 Å². The molecule has 0 aromatic heterocycles. The number of hydrogen-bond acceptors (Lipinski definition) is 3. The van der Waals surface area contributed by atoms with E-state index in [-0.39, 0.29) is 5.91 Å². The van der Waals surface area contributed by atoms with Crippen LogP contribution < -0.4 is 14.8 Å². The van der Waals surface area contributed by atoms with E-state index in [2.05, 4.69) is 19.2 Å². The second kappa shape index (κ2) is 7.58. The summed E-state index contributed by atoms with van der Waals surface area (Å²) in [7, 11) is 3.15. The zero-order chi connectivity index (χ0) is 15.1. The molecular formula is C16H23NO3. The SMILES string of the molecule is CC=Cc1cc(C(=O)NCC(C)C)cc(OC)c1OC. The molecule has 110 valence electrons. The maximum atomic E-state index is 12.1. The van der Waals surface area contributed by atoms with Crippen LogP contribution in [0, 0.1) is 5.92 Å². The highest BCUT2D eigenvalue weighted by Crippen LogP contribution is 2.33. The Morgan fingerprint density at radius 3 is 2.50 bits per heavy atom. The van der Waals surface area contributed by atoms with Crippen molar-refractivity contribution in [2.45, 2.75) is 20.8 Å². The lowest BCUT2D eigenvalue weighted by Gasteiger charge is -2.14. The van der Waals surface area contributed by atoms with E-state index < -0.39 is 0 Å². The first-order valence-electron chi connectivity index (χ1n) is 6.70. The van der Waals surface area contributed by atoms with Gasteiger partial charge in [0.15, 0.2) is 11.5 Å². The average Bonchev–Trinajstić information content (AvgIpc) is 2.44. The Morgan fingerprint density at radius 1 is 1.30 bits per heavy atom. The number of allylic oxidation sites excluding steroid dienone is 1. The molecule has 1 rings (SSSR count). The fourth-order valence-corrected chi connectivity index (χ4v) is 1.83. The molecule has 0 aliphatic heterocycles. The summed E-state index contributed by atoms with van der Waals surface area (Å²) in [6, 6.07) is 3.50. The normalized spacial score (nSPS) is 10.9. The second-order valence-electron chi connectivity index (χ2n) is 4.90. The van der Waals surface area contributed by atoms with Crippen molar-refractivity contribution in [1.29, 1.82) is 0 Å². The van der Waals surface area contributed by atoms with Crippen molar-refractivity contribution < 1.29 is 14.3 Å². The summed E-state index contributed by atoms with van der Waals surface area (Å²) in [5, 5.41) is 2.90. The summed E-state index contributed by atoms with van der Waals surface area (Å²) in [4.78, 5) is 12.1. The lowest BCUT2D eigenvalue weighted by molar-refractivity contribution is 0.0948. The molecule has 20 heavy (non-hydrogen) atoms. The fourth-order valence-electron chi connectivity index (χ4n) is 1.83. The van der Waals surface area contributed by atoms with Crippen LogP contribution >= 0.6 is 0 Å². The Labute approximate surface area is 120 Å². The molecule has 0 aliphatic rings. The molecule has 0 fully saturated rings. The zero-order valence-electron chi connectivity index (χ0n) is 12.8. The molecule has 0 bridgehead atoms. The van der Waals surface area contributed by atoms with Crippen LogP contribution in [0.3, 0.4) is 0 Å². The molecule has 1 aromatic rings. The maximum Gasteiger partial charge on any atom is 0.251 e. The van der Waals surface area contributed by atoms with E-state index in [0.717, 1.165) is 5.56 Å². The number of carbonyl (C=O) groups excluding carboxylic acids is 1. The van der Waals surface area contributed by atoms with E-state index in [0.29, 0.717) is 29.5 Å². The molecule has 0 aliphatic carbocycles. The lowest BCUT2D eigenvalue weighted by atomic mass is 10.1. The van der Waals surface area contributed by atoms with Crippen LogP contribution in [0.1, 0.15) is 36.7 Å². The smallest absolute Gasteiger partial charge is 0.251 e. The molecule has 0 heterocycles. The van der Waals surface area contributed by atoms with E-state index in [1.807, 2.05) is 19.1 Å². The van der Waals surface area contributed by atoms with Crippen LogP contribution in [0.2, 0.25) is 0 Å². The highest BCUT2D eigenvalue weighted by atomic mass is 16.5. The second-order valence-corrected chi connectivity index (χ2v) is 4.90. The Morgan fingerprint density at radius 2 is 2.00 bits per heavy atom. The van der Waals surface area contributed by atoms with Crippen molar-refractivity contribution in [2.24, 2.45) is 5.92 Å². The van der Waals surface area contributed by atoms with Gasteiger partial charge in [0.2, 0.25) is 0 Å². The fraction of sp³-hybridized carbons (Fsp3) is 0.438. The van der Waals surface area contributed by atoms with Crippen molar-refractivity contribution in [1.82, 2.24) is 5.32 Å². The van der Waals surface area contributed by atoms with Crippen molar-refractivity contribution in [3.63, 3.8) is 0 Å². The molecule has 1 N–H and O–H groups in total. The van der Waals surface area contributed by atoms with Crippen molar-refractivity contribution in [3.05, 3.63) is 29.3 Å². The molecule has 0 atom stereocenters. The predicted octanol–water partition coefficient (Wildman–Crippen LogP) is 3.12. The summed E-state index contributed by atoms with van der Waals surface area (Å²) >= 11 is 0. The largest absolute Gasteiger partial charge is 0.493 e. The van der Waals surface area contributed by atoms with Gasteiger partial charge in [-0.15, -0.1) is 0 Å². The number of amides is 1. The van der Waals surface area contributed by atoms with Crippen LogP contribution in [-0.4, -0.2) is 26.7 Å². The molecule has 0 spiro atoms. The number of nitrogens with one attached hydrogen (secondary N) is 1. The van der Waals surface area contributed by atoms with E-state index in [1.165, 1.54) is 0 Å². The number of rotatable bonds is 6. The van der Waals surface area contributed by atoms with Crippen LogP contribution in [-0.2, 0) is 0 Å². The number of methoxy groups -OCH3 is 2. The average molecular weight is 277 g/mol. The van der Waals surface area contributed by atoms with Gasteiger partial charge in [0.25, 0.3) is 5.91 Å². The first kappa shape index (κ1) is 16.1. The maximum absolute atomic E-state index is 12.1. The third-order valence-corrected chi connectivity index (χ3v) is 2.79. The summed E-state index contributed by atoms with van der Waals surface area (Å²) in [5.74, 6) is 1.49. The Hall–Kier alpha value is -1.97. The minimum absolute atomic E-state index is 0.106. The topological polar surface area (TPSA) is 47.6 Å². The van der Waals surface area contributed by atoms with Gasteiger partial charge >= 0.3 is 0 Å². The zero-order valence-corrected chi connectivity index (χ0v) is 12.8. The molecule has 0 unspecified atom stereocenters. The molecule has 4 nitrogen and oxygen atoms in total. The molecule has 0 saturated heterocycles. The quantitative estimate of drug-likeness (QED) is 0.869. The Balaban J connectivity index is 3.14. The summed E-state index contributed by atoms with van der Waals surface area (Å²) in [6.07, 6.45) is 3.79. The molecule has 4 heteroatoms. The van der Waals surface area contributed by atoms with Gasteiger partial charge in [0, 0.05) is 17.7 Å². The monoisotopic (exact) mass is 277 g/mol. The first-order chi connectivity index (χ1) is 9.53. The number of ether oxygens (including phenoxy) is 2. The van der Waals surface area contributed by atoms with Gasteiger partial charge in [-0.05, 0) is 25.0 Å². The first-order valence-corrected chi connectivity index (χ1v) is 6.70. The molecule has 0 radical (unpaired) electrons. The van der Waals surface area contributed by atoms with Crippen LogP contribution in [0.25, 0.3) is 6.08 Å². The minimum atomic E-state index is -0.106. The summed E-state index contributed by atoms with van der Waals surface area (Å²) in [6.45, 7) is 6.67. The number of hydrogen-bond donors (Lipinski definition) is 1. The molecule has 1 aromatic carbocycles. The summed E-state index contributed by atoms with van der Waals surface area (Å²) in [5.41, 5.74) is 1.39. The number of carbonyl (C=O) groups is 1. The van der Waals surface area contributed by atoms with Crippen LogP contribution in [0.5, 0.6) is 11.5 Å².